The largest absolute Gasteiger partial charge is 0.494 e. The van der Waals surface area contributed by atoms with Gasteiger partial charge in [0.2, 0.25) is 17.7 Å². The lowest BCUT2D eigenvalue weighted by atomic mass is 9.95. The van der Waals surface area contributed by atoms with Crippen LogP contribution in [0.25, 0.3) is 0 Å². The van der Waals surface area contributed by atoms with Gasteiger partial charge >= 0.3 is 0 Å². The molecule has 1 fully saturated rings. The molecule has 0 spiro atoms. The number of pyridine rings is 1. The fourth-order valence-electron chi connectivity index (χ4n) is 4.08. The Morgan fingerprint density at radius 1 is 1.16 bits per heavy atom. The normalized spacial score (nSPS) is 16.1. The van der Waals surface area contributed by atoms with Crippen molar-refractivity contribution in [3.63, 3.8) is 0 Å². The van der Waals surface area contributed by atoms with Crippen LogP contribution in [0.1, 0.15) is 37.7 Å². The fourth-order valence-corrected chi connectivity index (χ4v) is 4.08. The van der Waals surface area contributed by atoms with Crippen LogP contribution in [0.3, 0.4) is 0 Å². The SMILES string of the molecule is O=C1CCc2cc(OCCCC(=O)N3CCC(C(=O)Nc4ccccn4)CC3)ccc2N1. The van der Waals surface area contributed by atoms with E-state index < -0.39 is 0 Å². The van der Waals surface area contributed by atoms with Crippen LogP contribution < -0.4 is 15.4 Å². The van der Waals surface area contributed by atoms with Gasteiger partial charge in [0, 0.05) is 43.7 Å². The molecule has 1 aromatic carbocycles. The zero-order valence-electron chi connectivity index (χ0n) is 18.0. The Morgan fingerprint density at radius 3 is 2.78 bits per heavy atom. The summed E-state index contributed by atoms with van der Waals surface area (Å²) in [6.07, 6.45) is 5.22. The summed E-state index contributed by atoms with van der Waals surface area (Å²) >= 11 is 0. The van der Waals surface area contributed by atoms with Gasteiger partial charge < -0.3 is 20.3 Å². The van der Waals surface area contributed by atoms with Gasteiger partial charge in [-0.15, -0.1) is 0 Å². The molecule has 32 heavy (non-hydrogen) atoms. The molecule has 168 valence electrons. The molecule has 4 rings (SSSR count). The predicted octanol–water partition coefficient (Wildman–Crippen LogP) is 3.00. The highest BCUT2D eigenvalue weighted by atomic mass is 16.5. The van der Waals surface area contributed by atoms with Crippen LogP contribution in [0.15, 0.2) is 42.6 Å². The lowest BCUT2D eigenvalue weighted by molar-refractivity contribution is -0.134. The summed E-state index contributed by atoms with van der Waals surface area (Å²) in [6.45, 7) is 1.65. The van der Waals surface area contributed by atoms with Crippen molar-refractivity contribution in [2.24, 2.45) is 5.92 Å². The van der Waals surface area contributed by atoms with Gasteiger partial charge in [-0.2, -0.15) is 0 Å². The second-order valence-corrected chi connectivity index (χ2v) is 8.18. The van der Waals surface area contributed by atoms with Crippen molar-refractivity contribution < 1.29 is 19.1 Å². The quantitative estimate of drug-likeness (QED) is 0.650. The number of piperidine rings is 1. The van der Waals surface area contributed by atoms with Crippen molar-refractivity contribution in [3.8, 4) is 5.75 Å². The fraction of sp³-hybridized carbons (Fsp3) is 0.417. The first-order valence-electron chi connectivity index (χ1n) is 11.1. The van der Waals surface area contributed by atoms with Crippen molar-refractivity contribution in [3.05, 3.63) is 48.2 Å². The van der Waals surface area contributed by atoms with E-state index in [0.717, 1.165) is 17.0 Å². The summed E-state index contributed by atoms with van der Waals surface area (Å²) in [5.74, 6) is 1.33. The maximum atomic E-state index is 12.5. The second kappa shape index (κ2) is 10.3. The van der Waals surface area contributed by atoms with Crippen LogP contribution >= 0.6 is 0 Å². The summed E-state index contributed by atoms with van der Waals surface area (Å²) in [5, 5.41) is 5.70. The summed E-state index contributed by atoms with van der Waals surface area (Å²) < 4.78 is 5.80. The zero-order valence-corrected chi connectivity index (χ0v) is 18.0. The van der Waals surface area contributed by atoms with Crippen molar-refractivity contribution in [2.75, 3.05) is 30.3 Å². The molecule has 2 aliphatic heterocycles. The number of hydrogen-bond acceptors (Lipinski definition) is 5. The number of carbonyl (C=O) groups excluding carboxylic acids is 3. The molecule has 0 radical (unpaired) electrons. The van der Waals surface area contributed by atoms with Gasteiger partial charge in [-0.3, -0.25) is 14.4 Å². The monoisotopic (exact) mass is 436 g/mol. The second-order valence-electron chi connectivity index (χ2n) is 8.18. The third-order valence-corrected chi connectivity index (χ3v) is 5.91. The molecule has 3 heterocycles. The Hall–Kier alpha value is -3.42. The number of benzene rings is 1. The van der Waals surface area contributed by atoms with Gasteiger partial charge in [0.05, 0.1) is 6.61 Å². The van der Waals surface area contributed by atoms with Crippen LogP contribution in [0.4, 0.5) is 11.5 Å². The molecule has 0 atom stereocenters. The smallest absolute Gasteiger partial charge is 0.228 e. The number of carbonyl (C=O) groups is 3. The van der Waals surface area contributed by atoms with Gasteiger partial charge in [-0.25, -0.2) is 4.98 Å². The van der Waals surface area contributed by atoms with Crippen LogP contribution in [0, 0.1) is 5.92 Å². The number of aryl methyl sites for hydroxylation is 1. The third kappa shape index (κ3) is 5.63. The average Bonchev–Trinajstić information content (AvgIpc) is 2.82. The number of hydrogen-bond donors (Lipinski definition) is 2. The molecule has 0 saturated carbocycles. The van der Waals surface area contributed by atoms with Crippen molar-refractivity contribution in [1.82, 2.24) is 9.88 Å². The van der Waals surface area contributed by atoms with Gasteiger partial charge in [0.1, 0.15) is 11.6 Å². The number of anilines is 2. The van der Waals surface area contributed by atoms with Gasteiger partial charge in [0.15, 0.2) is 0 Å². The summed E-state index contributed by atoms with van der Waals surface area (Å²) in [4.78, 5) is 42.3. The summed E-state index contributed by atoms with van der Waals surface area (Å²) in [7, 11) is 0. The third-order valence-electron chi connectivity index (χ3n) is 5.91. The Kier molecular flexibility index (Phi) is 6.99. The highest BCUT2D eigenvalue weighted by molar-refractivity contribution is 5.94. The Morgan fingerprint density at radius 2 is 2.00 bits per heavy atom. The van der Waals surface area contributed by atoms with E-state index in [0.29, 0.717) is 64.0 Å². The minimum absolute atomic E-state index is 0.0335. The molecular formula is C24H28N4O4. The number of likely N-dealkylation sites (tertiary alicyclic amines) is 1. The number of amides is 3. The molecule has 8 heteroatoms. The lowest BCUT2D eigenvalue weighted by Gasteiger charge is -2.31. The van der Waals surface area contributed by atoms with E-state index in [1.807, 2.05) is 29.2 Å². The minimum atomic E-state index is -0.0989. The van der Waals surface area contributed by atoms with Gasteiger partial charge in [0.25, 0.3) is 0 Å². The molecule has 2 N–H and O–H groups in total. The number of fused-ring (bicyclic) bond motifs is 1. The molecule has 0 unspecified atom stereocenters. The van der Waals surface area contributed by atoms with Crippen LogP contribution in [-0.4, -0.2) is 47.3 Å². The highest BCUT2D eigenvalue weighted by Gasteiger charge is 2.27. The maximum Gasteiger partial charge on any atom is 0.228 e. The zero-order chi connectivity index (χ0) is 22.3. The van der Waals surface area contributed by atoms with E-state index in [1.165, 1.54) is 0 Å². The van der Waals surface area contributed by atoms with Crippen LogP contribution in [0.5, 0.6) is 5.75 Å². The van der Waals surface area contributed by atoms with Crippen molar-refractivity contribution in [1.29, 1.82) is 0 Å². The van der Waals surface area contributed by atoms with Gasteiger partial charge in [-0.05, 0) is 61.6 Å². The molecule has 2 aromatic rings. The molecular weight excluding hydrogens is 408 g/mol. The minimum Gasteiger partial charge on any atom is -0.494 e. The maximum absolute atomic E-state index is 12.5. The molecule has 0 aliphatic carbocycles. The van der Waals surface area contributed by atoms with E-state index in [1.54, 1.807) is 18.3 Å². The van der Waals surface area contributed by atoms with E-state index in [-0.39, 0.29) is 23.6 Å². The average molecular weight is 437 g/mol. The standard InChI is InChI=1S/C24H28N4O4/c29-22-9-6-18-16-19(7-8-20(18)26-22)32-15-3-5-23(30)28-13-10-17(11-14-28)24(31)27-21-4-1-2-12-25-21/h1-2,4,7-8,12,16-17H,3,5-6,9-11,13-15H2,(H,26,29)(H,25,27,31). The first-order valence-corrected chi connectivity index (χ1v) is 11.1. The Bertz CT molecular complexity index is 971. The number of aromatic nitrogens is 1. The Labute approximate surface area is 187 Å². The first kappa shape index (κ1) is 21.8. The molecule has 0 bridgehead atoms. The van der Waals surface area contributed by atoms with Crippen LogP contribution in [0.2, 0.25) is 0 Å². The van der Waals surface area contributed by atoms with E-state index in [2.05, 4.69) is 15.6 Å². The molecule has 8 nitrogen and oxygen atoms in total. The lowest BCUT2D eigenvalue weighted by Crippen LogP contribution is -2.41. The Balaban J connectivity index is 1.15. The first-order chi connectivity index (χ1) is 15.6. The highest BCUT2D eigenvalue weighted by Crippen LogP contribution is 2.27. The van der Waals surface area contributed by atoms with Gasteiger partial charge in [-0.1, -0.05) is 6.07 Å². The molecule has 2 aliphatic rings. The molecule has 1 saturated heterocycles. The van der Waals surface area contributed by atoms with Crippen LogP contribution in [-0.2, 0) is 20.8 Å². The summed E-state index contributed by atoms with van der Waals surface area (Å²) in [6, 6.07) is 11.1. The van der Waals surface area contributed by atoms with Crippen molar-refractivity contribution >= 4 is 29.2 Å². The van der Waals surface area contributed by atoms with E-state index in [9.17, 15) is 14.4 Å². The number of rotatable bonds is 7. The summed E-state index contributed by atoms with van der Waals surface area (Å²) in [5.41, 5.74) is 1.93. The molecule has 3 amide bonds. The number of ether oxygens (including phenoxy) is 1. The number of nitrogens with zero attached hydrogens (tertiary/aromatic N) is 2. The van der Waals surface area contributed by atoms with E-state index >= 15 is 0 Å². The van der Waals surface area contributed by atoms with Crippen molar-refractivity contribution in [2.45, 2.75) is 38.5 Å². The topological polar surface area (TPSA) is 101 Å². The molecule has 1 aromatic heterocycles. The van der Waals surface area contributed by atoms with E-state index in [4.69, 9.17) is 4.74 Å². The predicted molar refractivity (Wildman–Crippen MR) is 120 cm³/mol. The number of nitrogens with one attached hydrogen (secondary N) is 2.